The van der Waals surface area contributed by atoms with Crippen LogP contribution in [-0.4, -0.2) is 11.1 Å². The lowest BCUT2D eigenvalue weighted by Gasteiger charge is -2.14. The number of ether oxygens (including phenoxy) is 1. The van der Waals surface area contributed by atoms with Crippen molar-refractivity contribution >= 4 is 21.6 Å². The van der Waals surface area contributed by atoms with Crippen LogP contribution in [0.2, 0.25) is 0 Å². The van der Waals surface area contributed by atoms with Crippen molar-refractivity contribution in [2.24, 2.45) is 0 Å². The Labute approximate surface area is 98.2 Å². The van der Waals surface area contributed by atoms with Crippen LogP contribution in [0.4, 0.5) is 5.69 Å². The summed E-state index contributed by atoms with van der Waals surface area (Å²) >= 11 is 3.47. The molecule has 2 N–H and O–H groups in total. The summed E-state index contributed by atoms with van der Waals surface area (Å²) in [5.74, 6) is 0.675. The molecule has 1 heterocycles. The van der Waals surface area contributed by atoms with Gasteiger partial charge < -0.3 is 10.5 Å². The third kappa shape index (κ3) is 2.25. The number of anilines is 1. The Morgan fingerprint density at radius 3 is 2.80 bits per heavy atom. The largest absolute Gasteiger partial charge is 0.474 e. The van der Waals surface area contributed by atoms with E-state index in [0.29, 0.717) is 17.7 Å². The zero-order chi connectivity index (χ0) is 10.8. The summed E-state index contributed by atoms with van der Waals surface area (Å²) in [5.41, 5.74) is 7.44. The van der Waals surface area contributed by atoms with Crippen LogP contribution in [0.25, 0.3) is 0 Å². The first-order valence-electron chi connectivity index (χ1n) is 5.25. The lowest BCUT2D eigenvalue weighted by molar-refractivity contribution is 0.200. The Morgan fingerprint density at radius 1 is 1.47 bits per heavy atom. The quantitative estimate of drug-likeness (QED) is 0.899. The number of hydrogen-bond acceptors (Lipinski definition) is 3. The van der Waals surface area contributed by atoms with Crippen molar-refractivity contribution in [1.82, 2.24) is 4.98 Å². The molecule has 1 aromatic rings. The lowest BCUT2D eigenvalue weighted by atomic mass is 10.2. The van der Waals surface area contributed by atoms with Gasteiger partial charge in [-0.15, -0.1) is 0 Å². The lowest BCUT2D eigenvalue weighted by Crippen LogP contribution is -2.12. The summed E-state index contributed by atoms with van der Waals surface area (Å²) in [6, 6.07) is 0. The molecule has 15 heavy (non-hydrogen) atoms. The summed E-state index contributed by atoms with van der Waals surface area (Å²) in [6.45, 7) is 1.96. The van der Waals surface area contributed by atoms with E-state index in [0.717, 1.165) is 22.9 Å². The molecule has 3 nitrogen and oxygen atoms in total. The minimum atomic E-state index is 0.330. The smallest absolute Gasteiger partial charge is 0.228 e. The molecule has 0 aromatic carbocycles. The Bertz CT molecular complexity index is 362. The highest BCUT2D eigenvalue weighted by atomic mass is 79.9. The maximum atomic E-state index is 5.83. The molecule has 0 radical (unpaired) electrons. The molecule has 0 saturated heterocycles. The molecule has 2 rings (SSSR count). The van der Waals surface area contributed by atoms with Crippen molar-refractivity contribution in [3.8, 4) is 5.88 Å². The van der Waals surface area contributed by atoms with E-state index in [9.17, 15) is 0 Å². The Hall–Kier alpha value is -0.770. The predicted octanol–water partition coefficient (Wildman–Crippen LogP) is 3.06. The van der Waals surface area contributed by atoms with Crippen LogP contribution in [-0.2, 0) is 0 Å². The minimum Gasteiger partial charge on any atom is -0.474 e. The average Bonchev–Trinajstić information content (AvgIpc) is 2.72. The maximum absolute atomic E-state index is 5.83. The van der Waals surface area contributed by atoms with Crippen molar-refractivity contribution in [2.45, 2.75) is 38.7 Å². The van der Waals surface area contributed by atoms with E-state index in [-0.39, 0.29) is 0 Å². The molecule has 4 heteroatoms. The van der Waals surface area contributed by atoms with Crippen LogP contribution in [0.3, 0.4) is 0 Å². The predicted molar refractivity (Wildman–Crippen MR) is 64.0 cm³/mol. The minimum absolute atomic E-state index is 0.330. The highest BCUT2D eigenvalue weighted by molar-refractivity contribution is 9.10. The van der Waals surface area contributed by atoms with E-state index in [2.05, 4.69) is 20.9 Å². The zero-order valence-electron chi connectivity index (χ0n) is 8.79. The van der Waals surface area contributed by atoms with Crippen LogP contribution in [0.1, 0.15) is 31.2 Å². The van der Waals surface area contributed by atoms with Gasteiger partial charge >= 0.3 is 0 Å². The molecule has 1 aliphatic carbocycles. The van der Waals surface area contributed by atoms with Gasteiger partial charge in [-0.2, -0.15) is 0 Å². The first-order chi connectivity index (χ1) is 7.18. The van der Waals surface area contributed by atoms with Gasteiger partial charge in [0, 0.05) is 0 Å². The van der Waals surface area contributed by atoms with Gasteiger partial charge in [0.15, 0.2) is 0 Å². The van der Waals surface area contributed by atoms with Crippen LogP contribution in [0.5, 0.6) is 5.88 Å². The molecule has 1 fully saturated rings. The SMILES string of the molecule is Cc1c(N)cnc(OC2CCCC2)c1Br. The fourth-order valence-electron chi connectivity index (χ4n) is 1.82. The molecular formula is C11H15BrN2O. The van der Waals surface area contributed by atoms with Crippen molar-refractivity contribution in [3.05, 3.63) is 16.2 Å². The summed E-state index contributed by atoms with van der Waals surface area (Å²) in [6.07, 6.45) is 6.78. The Morgan fingerprint density at radius 2 is 2.13 bits per heavy atom. The Kier molecular flexibility index (Phi) is 3.14. The number of rotatable bonds is 2. The molecule has 1 saturated carbocycles. The van der Waals surface area contributed by atoms with Crippen LogP contribution >= 0.6 is 15.9 Å². The number of aromatic nitrogens is 1. The molecule has 0 atom stereocenters. The second-order valence-corrected chi connectivity index (χ2v) is 4.77. The van der Waals surface area contributed by atoms with Crippen LogP contribution < -0.4 is 10.5 Å². The van der Waals surface area contributed by atoms with E-state index >= 15 is 0 Å². The van der Waals surface area contributed by atoms with Gasteiger partial charge in [0.05, 0.1) is 16.4 Å². The first-order valence-corrected chi connectivity index (χ1v) is 6.05. The number of nitrogens with two attached hydrogens (primary N) is 1. The average molecular weight is 271 g/mol. The van der Waals surface area contributed by atoms with Crippen molar-refractivity contribution < 1.29 is 4.74 Å². The van der Waals surface area contributed by atoms with E-state index in [4.69, 9.17) is 10.5 Å². The van der Waals surface area contributed by atoms with Gasteiger partial charge in [0.2, 0.25) is 5.88 Å². The van der Waals surface area contributed by atoms with Gasteiger partial charge in [-0.05, 0) is 54.1 Å². The van der Waals surface area contributed by atoms with Gasteiger partial charge in [0.1, 0.15) is 6.10 Å². The molecule has 1 aromatic heterocycles. The second-order valence-electron chi connectivity index (χ2n) is 3.98. The van der Waals surface area contributed by atoms with E-state index < -0.39 is 0 Å². The van der Waals surface area contributed by atoms with Gasteiger partial charge in [-0.25, -0.2) is 4.98 Å². The number of hydrogen-bond donors (Lipinski definition) is 1. The number of nitrogens with zero attached hydrogens (tertiary/aromatic N) is 1. The second kappa shape index (κ2) is 4.39. The summed E-state index contributed by atoms with van der Waals surface area (Å²) in [7, 11) is 0. The third-order valence-electron chi connectivity index (χ3n) is 2.85. The number of nitrogen functional groups attached to an aromatic ring is 1. The van der Waals surface area contributed by atoms with Crippen molar-refractivity contribution in [2.75, 3.05) is 5.73 Å². The molecule has 0 amide bonds. The zero-order valence-corrected chi connectivity index (χ0v) is 10.4. The van der Waals surface area contributed by atoms with Crippen molar-refractivity contribution in [3.63, 3.8) is 0 Å². The molecular weight excluding hydrogens is 256 g/mol. The van der Waals surface area contributed by atoms with E-state index in [1.165, 1.54) is 12.8 Å². The Balaban J connectivity index is 2.17. The molecule has 0 unspecified atom stereocenters. The molecule has 82 valence electrons. The molecule has 0 bridgehead atoms. The van der Waals surface area contributed by atoms with Crippen LogP contribution in [0.15, 0.2) is 10.7 Å². The highest BCUT2D eigenvalue weighted by Gasteiger charge is 2.19. The van der Waals surface area contributed by atoms with Gasteiger partial charge in [-0.1, -0.05) is 0 Å². The molecule has 1 aliphatic rings. The standard InChI is InChI=1S/C11H15BrN2O/c1-7-9(13)6-14-11(10(7)12)15-8-4-2-3-5-8/h6,8H,2-5,13H2,1H3. The van der Waals surface area contributed by atoms with Gasteiger partial charge in [-0.3, -0.25) is 0 Å². The number of halogens is 1. The van der Waals surface area contributed by atoms with E-state index in [1.807, 2.05) is 6.92 Å². The van der Waals surface area contributed by atoms with E-state index in [1.54, 1.807) is 6.20 Å². The molecule has 0 aliphatic heterocycles. The monoisotopic (exact) mass is 270 g/mol. The summed E-state index contributed by atoms with van der Waals surface area (Å²) < 4.78 is 6.71. The molecule has 0 spiro atoms. The third-order valence-corrected chi connectivity index (χ3v) is 3.79. The fourth-order valence-corrected chi connectivity index (χ4v) is 2.24. The number of pyridine rings is 1. The highest BCUT2D eigenvalue weighted by Crippen LogP contribution is 2.32. The summed E-state index contributed by atoms with van der Waals surface area (Å²) in [5, 5.41) is 0. The van der Waals surface area contributed by atoms with Gasteiger partial charge in [0.25, 0.3) is 0 Å². The fraction of sp³-hybridized carbons (Fsp3) is 0.545. The van der Waals surface area contributed by atoms with Crippen molar-refractivity contribution in [1.29, 1.82) is 0 Å². The topological polar surface area (TPSA) is 48.1 Å². The first kappa shape index (κ1) is 10.7. The van der Waals surface area contributed by atoms with Crippen LogP contribution in [0, 0.1) is 6.92 Å². The normalized spacial score (nSPS) is 16.9. The summed E-state index contributed by atoms with van der Waals surface area (Å²) in [4.78, 5) is 4.21. The maximum Gasteiger partial charge on any atom is 0.228 e.